The van der Waals surface area contributed by atoms with E-state index in [0.717, 1.165) is 24.3 Å². The van der Waals surface area contributed by atoms with Gasteiger partial charge in [-0.25, -0.2) is 0 Å². The fraction of sp³-hybridized carbons (Fsp3) is 0.526. The van der Waals surface area contributed by atoms with Crippen LogP contribution in [-0.2, 0) is 0 Å². The first kappa shape index (κ1) is 17.6. The van der Waals surface area contributed by atoms with Crippen molar-refractivity contribution in [2.45, 2.75) is 32.7 Å². The molecule has 25 heavy (non-hydrogen) atoms. The molecule has 1 atom stereocenters. The molecular formula is C19H27N5O. The number of likely N-dealkylation sites (tertiary alicyclic amines) is 1. The maximum Gasteiger partial charge on any atom is 0.253 e. The quantitative estimate of drug-likeness (QED) is 0.838. The lowest BCUT2D eigenvalue weighted by atomic mass is 9.96. The number of amides is 1. The van der Waals surface area contributed by atoms with Crippen LogP contribution < -0.4 is 0 Å². The third kappa shape index (κ3) is 4.25. The fourth-order valence-corrected chi connectivity index (χ4v) is 3.52. The number of aromatic nitrogens is 3. The van der Waals surface area contributed by atoms with Crippen molar-refractivity contribution in [3.8, 4) is 5.69 Å². The summed E-state index contributed by atoms with van der Waals surface area (Å²) in [6, 6.07) is 8.16. The molecule has 1 aromatic carbocycles. The van der Waals surface area contributed by atoms with Gasteiger partial charge in [-0.2, -0.15) is 0 Å². The summed E-state index contributed by atoms with van der Waals surface area (Å²) in [6.07, 6.45) is 5.71. The zero-order valence-corrected chi connectivity index (χ0v) is 15.3. The molecule has 1 aliphatic rings. The maximum atomic E-state index is 12.7. The molecule has 1 aromatic heterocycles. The van der Waals surface area contributed by atoms with Gasteiger partial charge in [0.05, 0.1) is 0 Å². The molecule has 0 radical (unpaired) electrons. The van der Waals surface area contributed by atoms with Gasteiger partial charge in [-0.15, -0.1) is 10.2 Å². The highest BCUT2D eigenvalue weighted by molar-refractivity contribution is 5.94. The summed E-state index contributed by atoms with van der Waals surface area (Å²) in [7, 11) is 1.91. The Morgan fingerprint density at radius 3 is 2.56 bits per heavy atom. The molecule has 2 heterocycles. The summed E-state index contributed by atoms with van der Waals surface area (Å²) in [5.41, 5.74) is 1.67. The van der Waals surface area contributed by atoms with Gasteiger partial charge in [0.1, 0.15) is 12.7 Å². The van der Waals surface area contributed by atoms with E-state index in [0.29, 0.717) is 12.0 Å². The van der Waals surface area contributed by atoms with Crippen molar-refractivity contribution >= 4 is 5.91 Å². The van der Waals surface area contributed by atoms with Gasteiger partial charge in [0.2, 0.25) is 0 Å². The monoisotopic (exact) mass is 341 g/mol. The van der Waals surface area contributed by atoms with E-state index in [9.17, 15) is 4.79 Å². The zero-order valence-electron chi connectivity index (χ0n) is 15.3. The Morgan fingerprint density at radius 1 is 1.24 bits per heavy atom. The third-order valence-electron chi connectivity index (χ3n) is 4.99. The van der Waals surface area contributed by atoms with Crippen LogP contribution in [-0.4, -0.2) is 63.2 Å². The second kappa shape index (κ2) is 7.78. The normalized spacial score (nSPS) is 18.5. The molecule has 0 N–H and O–H groups in total. The molecular weight excluding hydrogens is 314 g/mol. The number of hydrogen-bond acceptors (Lipinski definition) is 4. The van der Waals surface area contributed by atoms with Gasteiger partial charge < -0.3 is 9.80 Å². The van der Waals surface area contributed by atoms with E-state index in [1.165, 1.54) is 19.4 Å². The Kier molecular flexibility index (Phi) is 5.48. The molecule has 0 aliphatic carbocycles. The standard InChI is InChI=1S/C19H27N5O/c1-15(2)23-10-4-5-16(12-23)11-22(3)19(25)17-6-8-18(9-7-17)24-13-20-21-14-24/h6-9,13-16H,4-5,10-12H2,1-3H3/t16-/m1/s1. The predicted octanol–water partition coefficient (Wildman–Crippen LogP) is 2.46. The lowest BCUT2D eigenvalue weighted by Crippen LogP contribution is -2.44. The number of nitrogens with zero attached hydrogens (tertiary/aromatic N) is 5. The molecule has 1 fully saturated rings. The minimum Gasteiger partial charge on any atom is -0.341 e. The zero-order chi connectivity index (χ0) is 17.8. The summed E-state index contributed by atoms with van der Waals surface area (Å²) in [6.45, 7) is 7.57. The number of benzene rings is 1. The molecule has 6 nitrogen and oxygen atoms in total. The van der Waals surface area contributed by atoms with Gasteiger partial charge in [0.15, 0.2) is 0 Å². The second-order valence-electron chi connectivity index (χ2n) is 7.20. The van der Waals surface area contributed by atoms with Crippen molar-refractivity contribution in [1.82, 2.24) is 24.6 Å². The summed E-state index contributed by atoms with van der Waals surface area (Å²) in [5, 5.41) is 7.60. The third-order valence-corrected chi connectivity index (χ3v) is 4.99. The van der Waals surface area contributed by atoms with E-state index < -0.39 is 0 Å². The smallest absolute Gasteiger partial charge is 0.253 e. The van der Waals surface area contributed by atoms with E-state index in [2.05, 4.69) is 28.9 Å². The van der Waals surface area contributed by atoms with Crippen molar-refractivity contribution in [1.29, 1.82) is 0 Å². The average molecular weight is 341 g/mol. The van der Waals surface area contributed by atoms with Crippen LogP contribution in [0.15, 0.2) is 36.9 Å². The Labute approximate surface area is 149 Å². The first-order chi connectivity index (χ1) is 12.0. The van der Waals surface area contributed by atoms with Crippen LogP contribution in [0, 0.1) is 5.92 Å². The van der Waals surface area contributed by atoms with Gasteiger partial charge in [0, 0.05) is 37.4 Å². The van der Waals surface area contributed by atoms with Crippen LogP contribution in [0.1, 0.15) is 37.0 Å². The number of piperidine rings is 1. The SMILES string of the molecule is CC(C)N1CCC[C@H](CN(C)C(=O)c2ccc(-n3cnnc3)cc2)C1. The van der Waals surface area contributed by atoms with E-state index in [1.807, 2.05) is 40.8 Å². The van der Waals surface area contributed by atoms with Gasteiger partial charge in [-0.1, -0.05) is 0 Å². The minimum atomic E-state index is 0.0805. The van der Waals surface area contributed by atoms with Crippen LogP contribution in [0.3, 0.4) is 0 Å². The lowest BCUT2D eigenvalue weighted by Gasteiger charge is -2.37. The van der Waals surface area contributed by atoms with Crippen LogP contribution in [0.25, 0.3) is 5.69 Å². The number of hydrogen-bond donors (Lipinski definition) is 0. The molecule has 0 spiro atoms. The van der Waals surface area contributed by atoms with Crippen LogP contribution in [0.5, 0.6) is 0 Å². The van der Waals surface area contributed by atoms with Crippen LogP contribution in [0.4, 0.5) is 0 Å². The number of rotatable bonds is 5. The molecule has 1 saturated heterocycles. The summed E-state index contributed by atoms with van der Waals surface area (Å²) in [4.78, 5) is 17.1. The van der Waals surface area contributed by atoms with Crippen molar-refractivity contribution in [2.75, 3.05) is 26.7 Å². The molecule has 0 saturated carbocycles. The topological polar surface area (TPSA) is 54.3 Å². The summed E-state index contributed by atoms with van der Waals surface area (Å²) < 4.78 is 1.82. The highest BCUT2D eigenvalue weighted by atomic mass is 16.2. The van der Waals surface area contributed by atoms with Crippen molar-refractivity contribution in [3.63, 3.8) is 0 Å². The largest absolute Gasteiger partial charge is 0.341 e. The van der Waals surface area contributed by atoms with E-state index in [-0.39, 0.29) is 5.91 Å². The van der Waals surface area contributed by atoms with Crippen LogP contribution in [0.2, 0.25) is 0 Å². The predicted molar refractivity (Wildman–Crippen MR) is 97.8 cm³/mol. The average Bonchev–Trinajstić information content (AvgIpc) is 3.16. The molecule has 0 bridgehead atoms. The van der Waals surface area contributed by atoms with E-state index in [4.69, 9.17) is 0 Å². The van der Waals surface area contributed by atoms with E-state index in [1.54, 1.807) is 12.7 Å². The molecule has 1 aliphatic heterocycles. The highest BCUT2D eigenvalue weighted by Crippen LogP contribution is 2.20. The lowest BCUT2D eigenvalue weighted by molar-refractivity contribution is 0.0709. The first-order valence-electron chi connectivity index (χ1n) is 8.99. The molecule has 0 unspecified atom stereocenters. The first-order valence-corrected chi connectivity index (χ1v) is 8.99. The highest BCUT2D eigenvalue weighted by Gasteiger charge is 2.24. The molecule has 2 aromatic rings. The Balaban J connectivity index is 1.60. The Morgan fingerprint density at radius 2 is 1.92 bits per heavy atom. The molecule has 134 valence electrons. The maximum absolute atomic E-state index is 12.7. The number of carbonyl (C=O) groups is 1. The van der Waals surface area contributed by atoms with Gasteiger partial charge >= 0.3 is 0 Å². The second-order valence-corrected chi connectivity index (χ2v) is 7.20. The summed E-state index contributed by atoms with van der Waals surface area (Å²) >= 11 is 0. The Bertz CT molecular complexity index is 680. The van der Waals surface area contributed by atoms with Crippen LogP contribution >= 0.6 is 0 Å². The minimum absolute atomic E-state index is 0.0805. The fourth-order valence-electron chi connectivity index (χ4n) is 3.52. The van der Waals surface area contributed by atoms with Gasteiger partial charge in [-0.3, -0.25) is 9.36 Å². The van der Waals surface area contributed by atoms with Crippen molar-refractivity contribution in [3.05, 3.63) is 42.5 Å². The molecule has 1 amide bonds. The van der Waals surface area contributed by atoms with Crippen molar-refractivity contribution < 1.29 is 4.79 Å². The molecule has 3 rings (SSSR count). The van der Waals surface area contributed by atoms with Crippen molar-refractivity contribution in [2.24, 2.45) is 5.92 Å². The van der Waals surface area contributed by atoms with Gasteiger partial charge in [0.25, 0.3) is 5.91 Å². The molecule has 6 heteroatoms. The Hall–Kier alpha value is -2.21. The summed E-state index contributed by atoms with van der Waals surface area (Å²) in [5.74, 6) is 0.637. The van der Waals surface area contributed by atoms with Gasteiger partial charge in [-0.05, 0) is 63.4 Å². The number of carbonyl (C=O) groups excluding carboxylic acids is 1. The van der Waals surface area contributed by atoms with E-state index >= 15 is 0 Å².